The average molecular weight is 279 g/mol. The second-order valence-corrected chi connectivity index (χ2v) is 4.89. The Morgan fingerprint density at radius 2 is 2.32 bits per heavy atom. The second kappa shape index (κ2) is 6.29. The van der Waals surface area contributed by atoms with Gasteiger partial charge in [0.2, 0.25) is 0 Å². The van der Waals surface area contributed by atoms with E-state index < -0.39 is 11.7 Å². The predicted octanol–water partition coefficient (Wildman–Crippen LogP) is 2.30. The highest BCUT2D eigenvalue weighted by molar-refractivity contribution is 7.09. The molecule has 2 rings (SSSR count). The van der Waals surface area contributed by atoms with Gasteiger partial charge in [-0.05, 0) is 23.9 Å². The van der Waals surface area contributed by atoms with E-state index >= 15 is 0 Å². The number of thiophene rings is 1. The summed E-state index contributed by atoms with van der Waals surface area (Å²) in [4.78, 5) is 16.8. The summed E-state index contributed by atoms with van der Waals surface area (Å²) < 4.78 is 13.8. The van der Waals surface area contributed by atoms with Crippen LogP contribution in [0.15, 0.2) is 29.8 Å². The van der Waals surface area contributed by atoms with Crippen molar-refractivity contribution in [3.8, 4) is 0 Å². The number of carbonyl (C=O) groups excluding carboxylic acids is 1. The van der Waals surface area contributed by atoms with E-state index in [4.69, 9.17) is 0 Å². The molecule has 0 aliphatic rings. The number of halogens is 1. The maximum absolute atomic E-state index is 13.8. The van der Waals surface area contributed by atoms with Gasteiger partial charge in [-0.3, -0.25) is 4.79 Å². The van der Waals surface area contributed by atoms with Gasteiger partial charge in [0.1, 0.15) is 0 Å². The summed E-state index contributed by atoms with van der Waals surface area (Å²) in [5, 5.41) is 7.29. The zero-order valence-electron chi connectivity index (χ0n) is 10.4. The number of aromatic nitrogens is 1. The fourth-order valence-electron chi connectivity index (χ4n) is 1.64. The topological polar surface area (TPSA) is 54.0 Å². The standard InChI is InChI=1S/C13H14FN3OS/c1-15-12-11(14)10(5-7-16-12)13(18)17-6-4-9-3-2-8-19-9/h2-3,5,7-8H,4,6H2,1H3,(H,15,16)(H,17,18). The van der Waals surface area contributed by atoms with Gasteiger partial charge in [-0.1, -0.05) is 6.07 Å². The lowest BCUT2D eigenvalue weighted by Gasteiger charge is -2.07. The summed E-state index contributed by atoms with van der Waals surface area (Å²) in [5.74, 6) is -0.975. The lowest BCUT2D eigenvalue weighted by molar-refractivity contribution is 0.0950. The molecule has 0 saturated heterocycles. The second-order valence-electron chi connectivity index (χ2n) is 3.86. The summed E-state index contributed by atoms with van der Waals surface area (Å²) in [6.07, 6.45) is 2.15. The van der Waals surface area contributed by atoms with Crippen LogP contribution in [0, 0.1) is 5.82 Å². The first-order valence-corrected chi connectivity index (χ1v) is 6.73. The molecule has 0 fully saturated rings. The van der Waals surface area contributed by atoms with Crippen molar-refractivity contribution in [1.82, 2.24) is 10.3 Å². The number of pyridine rings is 1. The van der Waals surface area contributed by atoms with E-state index in [0.717, 1.165) is 6.42 Å². The molecule has 0 aliphatic carbocycles. The van der Waals surface area contributed by atoms with Crippen LogP contribution in [0.1, 0.15) is 15.2 Å². The Bertz CT molecular complexity index is 557. The van der Waals surface area contributed by atoms with Crippen molar-refractivity contribution in [2.24, 2.45) is 0 Å². The summed E-state index contributed by atoms with van der Waals surface area (Å²) in [5.41, 5.74) is 0.00512. The van der Waals surface area contributed by atoms with Crippen molar-refractivity contribution in [2.45, 2.75) is 6.42 Å². The number of nitrogens with zero attached hydrogens (tertiary/aromatic N) is 1. The van der Waals surface area contributed by atoms with Crippen LogP contribution in [0.5, 0.6) is 0 Å². The van der Waals surface area contributed by atoms with Gasteiger partial charge in [-0.2, -0.15) is 0 Å². The smallest absolute Gasteiger partial charge is 0.254 e. The highest BCUT2D eigenvalue weighted by Crippen LogP contribution is 2.14. The van der Waals surface area contributed by atoms with E-state index in [2.05, 4.69) is 15.6 Å². The molecular formula is C13H14FN3OS. The molecule has 2 aromatic heterocycles. The largest absolute Gasteiger partial charge is 0.371 e. The van der Waals surface area contributed by atoms with E-state index in [1.165, 1.54) is 17.1 Å². The minimum atomic E-state index is -0.626. The van der Waals surface area contributed by atoms with Gasteiger partial charge >= 0.3 is 0 Å². The van der Waals surface area contributed by atoms with Crippen molar-refractivity contribution in [3.05, 3.63) is 46.0 Å². The highest BCUT2D eigenvalue weighted by Gasteiger charge is 2.14. The lowest BCUT2D eigenvalue weighted by atomic mass is 10.2. The molecule has 0 unspecified atom stereocenters. The number of carbonyl (C=O) groups is 1. The Kier molecular flexibility index (Phi) is 4.46. The van der Waals surface area contributed by atoms with E-state index in [1.54, 1.807) is 18.4 Å². The normalized spacial score (nSPS) is 10.2. The molecule has 0 atom stereocenters. The predicted molar refractivity (Wildman–Crippen MR) is 74.1 cm³/mol. The Hall–Kier alpha value is -1.95. The monoisotopic (exact) mass is 279 g/mol. The first-order valence-electron chi connectivity index (χ1n) is 5.85. The van der Waals surface area contributed by atoms with Gasteiger partial charge in [0.05, 0.1) is 5.56 Å². The number of rotatable bonds is 5. The van der Waals surface area contributed by atoms with Crippen molar-refractivity contribution in [1.29, 1.82) is 0 Å². The van der Waals surface area contributed by atoms with Crippen LogP contribution in [0.25, 0.3) is 0 Å². The van der Waals surface area contributed by atoms with Gasteiger partial charge in [-0.15, -0.1) is 11.3 Å². The molecule has 19 heavy (non-hydrogen) atoms. The van der Waals surface area contributed by atoms with Crippen LogP contribution in [0.3, 0.4) is 0 Å². The minimum Gasteiger partial charge on any atom is -0.371 e. The molecule has 0 saturated carbocycles. The van der Waals surface area contributed by atoms with Crippen LogP contribution < -0.4 is 10.6 Å². The molecule has 0 radical (unpaired) electrons. The number of hydrogen-bond donors (Lipinski definition) is 2. The number of nitrogens with one attached hydrogen (secondary N) is 2. The molecule has 2 N–H and O–H groups in total. The average Bonchev–Trinajstić information content (AvgIpc) is 2.92. The molecule has 1 amide bonds. The van der Waals surface area contributed by atoms with Gasteiger partial charge in [0.25, 0.3) is 5.91 Å². The number of anilines is 1. The van der Waals surface area contributed by atoms with Gasteiger partial charge in [0, 0.05) is 24.7 Å². The number of hydrogen-bond acceptors (Lipinski definition) is 4. The Morgan fingerprint density at radius 1 is 1.47 bits per heavy atom. The fourth-order valence-corrected chi connectivity index (χ4v) is 2.35. The zero-order chi connectivity index (χ0) is 13.7. The Morgan fingerprint density at radius 3 is 3.00 bits per heavy atom. The van der Waals surface area contributed by atoms with E-state index in [9.17, 15) is 9.18 Å². The van der Waals surface area contributed by atoms with Gasteiger partial charge in [-0.25, -0.2) is 9.37 Å². The Labute approximate surface area is 114 Å². The summed E-state index contributed by atoms with van der Waals surface area (Å²) in [6.45, 7) is 0.482. The van der Waals surface area contributed by atoms with Crippen molar-refractivity contribution in [2.75, 3.05) is 18.9 Å². The fraction of sp³-hybridized carbons (Fsp3) is 0.231. The third-order valence-electron chi connectivity index (χ3n) is 2.61. The maximum Gasteiger partial charge on any atom is 0.254 e. The van der Waals surface area contributed by atoms with Crippen LogP contribution in [-0.4, -0.2) is 24.5 Å². The Balaban J connectivity index is 1.96. The molecule has 100 valence electrons. The molecule has 6 heteroatoms. The zero-order valence-corrected chi connectivity index (χ0v) is 11.3. The minimum absolute atomic E-state index is 0.00512. The molecule has 0 aromatic carbocycles. The van der Waals surface area contributed by atoms with Gasteiger partial charge in [0.15, 0.2) is 11.6 Å². The van der Waals surface area contributed by atoms with Crippen LogP contribution in [0.4, 0.5) is 10.2 Å². The SMILES string of the molecule is CNc1nccc(C(=O)NCCc2cccs2)c1F. The lowest BCUT2D eigenvalue weighted by Crippen LogP contribution is -2.26. The highest BCUT2D eigenvalue weighted by atomic mass is 32.1. The molecular weight excluding hydrogens is 265 g/mol. The van der Waals surface area contributed by atoms with Crippen molar-refractivity contribution >= 4 is 23.1 Å². The van der Waals surface area contributed by atoms with Crippen molar-refractivity contribution in [3.63, 3.8) is 0 Å². The quantitative estimate of drug-likeness (QED) is 0.883. The van der Waals surface area contributed by atoms with Crippen molar-refractivity contribution < 1.29 is 9.18 Å². The summed E-state index contributed by atoms with van der Waals surface area (Å²) in [6, 6.07) is 5.34. The third-order valence-corrected chi connectivity index (χ3v) is 3.54. The van der Waals surface area contributed by atoms with Crippen LogP contribution in [0.2, 0.25) is 0 Å². The summed E-state index contributed by atoms with van der Waals surface area (Å²) in [7, 11) is 1.56. The number of amides is 1. The van der Waals surface area contributed by atoms with Gasteiger partial charge < -0.3 is 10.6 Å². The first-order chi connectivity index (χ1) is 9.22. The van der Waals surface area contributed by atoms with Crippen LogP contribution >= 0.6 is 11.3 Å². The first kappa shape index (κ1) is 13.5. The molecule has 4 nitrogen and oxygen atoms in total. The van der Waals surface area contributed by atoms with E-state index in [-0.39, 0.29) is 11.4 Å². The third kappa shape index (κ3) is 3.29. The summed E-state index contributed by atoms with van der Waals surface area (Å²) >= 11 is 1.63. The molecule has 0 aliphatic heterocycles. The molecule has 0 spiro atoms. The molecule has 2 aromatic rings. The molecule has 2 heterocycles. The van der Waals surface area contributed by atoms with E-state index in [1.807, 2.05) is 17.5 Å². The van der Waals surface area contributed by atoms with Crippen LogP contribution in [-0.2, 0) is 6.42 Å². The van der Waals surface area contributed by atoms with E-state index in [0.29, 0.717) is 6.54 Å². The molecule has 0 bridgehead atoms. The maximum atomic E-state index is 13.8.